The molecule has 2 aromatic heterocycles. The molecule has 0 aromatic carbocycles. The summed E-state index contributed by atoms with van der Waals surface area (Å²) in [6.07, 6.45) is 7.43. The highest BCUT2D eigenvalue weighted by molar-refractivity contribution is 6.31. The number of hydrogen-bond donors (Lipinski definition) is 0. The summed E-state index contributed by atoms with van der Waals surface area (Å²) in [6.45, 7) is 2.79. The third-order valence-electron chi connectivity index (χ3n) is 4.37. The van der Waals surface area contributed by atoms with Gasteiger partial charge in [0.25, 0.3) is 0 Å². The molecule has 2 aromatic rings. The second-order valence-electron chi connectivity index (χ2n) is 5.77. The molecule has 0 N–H and O–H groups in total. The smallest absolute Gasteiger partial charge is 0.354 e. The van der Waals surface area contributed by atoms with Gasteiger partial charge in [0.05, 0.1) is 12.1 Å². The largest absolute Gasteiger partial charge is 0.464 e. The van der Waals surface area contributed by atoms with Crippen LogP contribution in [0.4, 0.5) is 0 Å². The van der Waals surface area contributed by atoms with Gasteiger partial charge in [0.2, 0.25) is 0 Å². The van der Waals surface area contributed by atoms with E-state index in [0.29, 0.717) is 16.8 Å². The van der Waals surface area contributed by atoms with Crippen molar-refractivity contribution >= 4 is 17.6 Å². The van der Waals surface area contributed by atoms with Crippen LogP contribution in [0.25, 0.3) is 0 Å². The van der Waals surface area contributed by atoms with E-state index in [2.05, 4.69) is 9.88 Å². The molecule has 0 bridgehead atoms. The monoisotopic (exact) mass is 333 g/mol. The van der Waals surface area contributed by atoms with E-state index in [1.807, 2.05) is 29.0 Å². The zero-order chi connectivity index (χ0) is 16.2. The molecule has 6 heteroatoms. The standard InChI is InChI=1S/C17H20ClN3O2/c1-23-17(22)16-3-2-8-21(16)14-5-9-20(10-6-14)12-13-4-7-19-11-15(13)18/h2-4,7-8,11,14H,5-6,9-10,12H2,1H3. The van der Waals surface area contributed by atoms with Crippen LogP contribution in [0.5, 0.6) is 0 Å². The van der Waals surface area contributed by atoms with Crippen LogP contribution in [0, 0.1) is 0 Å². The van der Waals surface area contributed by atoms with Gasteiger partial charge in [-0.05, 0) is 36.6 Å². The second-order valence-corrected chi connectivity index (χ2v) is 6.17. The van der Waals surface area contributed by atoms with Crippen molar-refractivity contribution in [2.24, 2.45) is 0 Å². The number of nitrogens with zero attached hydrogens (tertiary/aromatic N) is 3. The Hall–Kier alpha value is -1.85. The quantitative estimate of drug-likeness (QED) is 0.806. The highest BCUT2D eigenvalue weighted by atomic mass is 35.5. The van der Waals surface area contributed by atoms with Gasteiger partial charge in [-0.15, -0.1) is 0 Å². The van der Waals surface area contributed by atoms with Gasteiger partial charge in [-0.1, -0.05) is 11.6 Å². The molecule has 3 rings (SSSR count). The van der Waals surface area contributed by atoms with Crippen molar-refractivity contribution in [3.8, 4) is 0 Å². The Morgan fingerprint density at radius 2 is 2.17 bits per heavy atom. The Balaban J connectivity index is 1.62. The first kappa shape index (κ1) is 16.0. The molecule has 1 saturated heterocycles. The Morgan fingerprint density at radius 1 is 1.39 bits per heavy atom. The molecule has 23 heavy (non-hydrogen) atoms. The van der Waals surface area contributed by atoms with E-state index in [0.717, 1.165) is 38.0 Å². The van der Waals surface area contributed by atoms with Crippen LogP contribution in [0.15, 0.2) is 36.8 Å². The molecule has 0 aliphatic carbocycles. The average molecular weight is 334 g/mol. The number of likely N-dealkylation sites (tertiary alicyclic amines) is 1. The first-order chi connectivity index (χ1) is 11.2. The van der Waals surface area contributed by atoms with Crippen molar-refractivity contribution in [1.29, 1.82) is 0 Å². The molecule has 5 nitrogen and oxygen atoms in total. The summed E-state index contributed by atoms with van der Waals surface area (Å²) in [6, 6.07) is 6.02. The van der Waals surface area contributed by atoms with Crippen molar-refractivity contribution in [1.82, 2.24) is 14.5 Å². The fourth-order valence-electron chi connectivity index (χ4n) is 3.12. The summed E-state index contributed by atoms with van der Waals surface area (Å²) >= 11 is 6.18. The zero-order valence-electron chi connectivity index (χ0n) is 13.1. The highest BCUT2D eigenvalue weighted by Gasteiger charge is 2.24. The van der Waals surface area contributed by atoms with Gasteiger partial charge < -0.3 is 9.30 Å². The SMILES string of the molecule is COC(=O)c1cccn1C1CCN(Cc2ccncc2Cl)CC1. The number of methoxy groups -OCH3 is 1. The fraction of sp³-hybridized carbons (Fsp3) is 0.412. The molecule has 1 aliphatic rings. The van der Waals surface area contributed by atoms with E-state index in [4.69, 9.17) is 16.3 Å². The van der Waals surface area contributed by atoms with Gasteiger partial charge in [-0.25, -0.2) is 4.79 Å². The third-order valence-corrected chi connectivity index (χ3v) is 4.71. The van der Waals surface area contributed by atoms with Crippen LogP contribution in [0.2, 0.25) is 5.02 Å². The minimum Gasteiger partial charge on any atom is -0.464 e. The molecule has 0 radical (unpaired) electrons. The lowest BCUT2D eigenvalue weighted by molar-refractivity contribution is 0.0581. The summed E-state index contributed by atoms with van der Waals surface area (Å²) in [5.41, 5.74) is 1.74. The van der Waals surface area contributed by atoms with Crippen molar-refractivity contribution in [2.45, 2.75) is 25.4 Å². The van der Waals surface area contributed by atoms with Gasteiger partial charge >= 0.3 is 5.97 Å². The third kappa shape index (κ3) is 3.57. The number of hydrogen-bond acceptors (Lipinski definition) is 4. The van der Waals surface area contributed by atoms with Gasteiger partial charge in [0.15, 0.2) is 0 Å². The number of rotatable bonds is 4. The summed E-state index contributed by atoms with van der Waals surface area (Å²) in [4.78, 5) is 18.2. The molecular formula is C17H20ClN3O2. The molecule has 1 aliphatic heterocycles. The van der Waals surface area contributed by atoms with Gasteiger partial charge in [-0.3, -0.25) is 9.88 Å². The summed E-state index contributed by atoms with van der Waals surface area (Å²) in [5, 5.41) is 0.716. The van der Waals surface area contributed by atoms with E-state index in [-0.39, 0.29) is 5.97 Å². The first-order valence-corrected chi connectivity index (χ1v) is 8.12. The summed E-state index contributed by atoms with van der Waals surface area (Å²) in [7, 11) is 1.42. The van der Waals surface area contributed by atoms with Gasteiger partial charge in [0, 0.05) is 44.3 Å². The number of carbonyl (C=O) groups is 1. The maximum absolute atomic E-state index is 11.8. The van der Waals surface area contributed by atoms with E-state index < -0.39 is 0 Å². The van der Waals surface area contributed by atoms with Crippen molar-refractivity contribution in [3.05, 3.63) is 53.1 Å². The lowest BCUT2D eigenvalue weighted by Gasteiger charge is -2.33. The molecule has 0 saturated carbocycles. The first-order valence-electron chi connectivity index (χ1n) is 7.75. The molecule has 0 unspecified atom stereocenters. The fourth-order valence-corrected chi connectivity index (χ4v) is 3.30. The highest BCUT2D eigenvalue weighted by Crippen LogP contribution is 2.26. The number of carbonyl (C=O) groups excluding carboxylic acids is 1. The number of ether oxygens (including phenoxy) is 1. The van der Waals surface area contributed by atoms with Crippen LogP contribution >= 0.6 is 11.6 Å². The molecule has 0 spiro atoms. The Bertz CT molecular complexity index is 678. The molecule has 3 heterocycles. The van der Waals surface area contributed by atoms with E-state index >= 15 is 0 Å². The Morgan fingerprint density at radius 3 is 2.87 bits per heavy atom. The normalized spacial score (nSPS) is 16.4. The molecule has 1 fully saturated rings. The number of piperidine rings is 1. The number of halogens is 1. The van der Waals surface area contributed by atoms with E-state index in [9.17, 15) is 4.79 Å². The number of aromatic nitrogens is 2. The van der Waals surface area contributed by atoms with E-state index in [1.165, 1.54) is 7.11 Å². The molecule has 0 amide bonds. The predicted molar refractivity (Wildman–Crippen MR) is 88.6 cm³/mol. The van der Waals surface area contributed by atoms with Crippen molar-refractivity contribution in [3.63, 3.8) is 0 Å². The van der Waals surface area contributed by atoms with Crippen LogP contribution in [0.3, 0.4) is 0 Å². The lowest BCUT2D eigenvalue weighted by atomic mass is 10.0. The number of esters is 1. The van der Waals surface area contributed by atoms with Crippen LogP contribution in [-0.4, -0.2) is 40.6 Å². The number of pyridine rings is 1. The Kier molecular flexibility index (Phi) is 4.98. The van der Waals surface area contributed by atoms with Crippen LogP contribution < -0.4 is 0 Å². The Labute approximate surface area is 140 Å². The maximum Gasteiger partial charge on any atom is 0.354 e. The van der Waals surface area contributed by atoms with Crippen molar-refractivity contribution < 1.29 is 9.53 Å². The van der Waals surface area contributed by atoms with Crippen LogP contribution in [0.1, 0.15) is 34.9 Å². The van der Waals surface area contributed by atoms with Crippen molar-refractivity contribution in [2.75, 3.05) is 20.2 Å². The lowest BCUT2D eigenvalue weighted by Crippen LogP contribution is -2.34. The zero-order valence-corrected chi connectivity index (χ0v) is 13.9. The van der Waals surface area contributed by atoms with Gasteiger partial charge in [-0.2, -0.15) is 0 Å². The maximum atomic E-state index is 11.8. The van der Waals surface area contributed by atoms with Gasteiger partial charge in [0.1, 0.15) is 5.69 Å². The minimum absolute atomic E-state index is 0.277. The summed E-state index contributed by atoms with van der Waals surface area (Å²) in [5.74, 6) is -0.277. The molecule has 122 valence electrons. The molecular weight excluding hydrogens is 314 g/mol. The second kappa shape index (κ2) is 7.15. The summed E-state index contributed by atoms with van der Waals surface area (Å²) < 4.78 is 6.89. The average Bonchev–Trinajstić information content (AvgIpc) is 3.06. The minimum atomic E-state index is -0.277. The molecule has 0 atom stereocenters. The van der Waals surface area contributed by atoms with Crippen LogP contribution in [-0.2, 0) is 11.3 Å². The van der Waals surface area contributed by atoms with E-state index in [1.54, 1.807) is 12.4 Å². The predicted octanol–water partition coefficient (Wildman–Crippen LogP) is 3.16. The topological polar surface area (TPSA) is 47.4 Å².